The number of nitrogens with zero attached hydrogens (tertiary/aromatic N) is 2. The van der Waals surface area contributed by atoms with Crippen molar-refractivity contribution < 1.29 is 19.0 Å². The second-order valence-electron chi connectivity index (χ2n) is 6.09. The van der Waals surface area contributed by atoms with Crippen molar-refractivity contribution in [3.63, 3.8) is 0 Å². The van der Waals surface area contributed by atoms with E-state index >= 15 is 0 Å². The van der Waals surface area contributed by atoms with Gasteiger partial charge in [-0.2, -0.15) is 0 Å². The number of methoxy groups -OCH3 is 3. The molecule has 1 N–H and O–H groups in total. The highest BCUT2D eigenvalue weighted by Gasteiger charge is 2.11. The van der Waals surface area contributed by atoms with Gasteiger partial charge in [0.1, 0.15) is 5.75 Å². The Morgan fingerprint density at radius 2 is 1.79 bits per heavy atom. The van der Waals surface area contributed by atoms with Gasteiger partial charge in [-0.1, -0.05) is 23.9 Å². The molecule has 0 saturated heterocycles. The van der Waals surface area contributed by atoms with Crippen LogP contribution in [0, 0.1) is 0 Å². The molecule has 0 bridgehead atoms. The third-order valence-electron chi connectivity index (χ3n) is 4.19. The third-order valence-corrected chi connectivity index (χ3v) is 5.19. The average molecular weight is 413 g/mol. The Bertz CT molecular complexity index is 957. The van der Waals surface area contributed by atoms with Gasteiger partial charge in [0.15, 0.2) is 16.7 Å². The number of hydrogen-bond donors (Lipinski definition) is 1. The Hall–Kier alpha value is -3.13. The van der Waals surface area contributed by atoms with E-state index < -0.39 is 0 Å². The number of anilines is 1. The minimum atomic E-state index is -0.124. The van der Waals surface area contributed by atoms with E-state index in [9.17, 15) is 4.79 Å². The lowest BCUT2D eigenvalue weighted by Gasteiger charge is -2.11. The first kappa shape index (κ1) is 20.6. The Morgan fingerprint density at radius 1 is 1.03 bits per heavy atom. The maximum atomic E-state index is 12.3. The largest absolute Gasteiger partial charge is 0.497 e. The van der Waals surface area contributed by atoms with Crippen molar-refractivity contribution >= 4 is 23.4 Å². The number of carbonyl (C=O) groups excluding carboxylic acids is 1. The molecule has 8 heteroatoms. The van der Waals surface area contributed by atoms with Gasteiger partial charge >= 0.3 is 0 Å². The molecule has 0 saturated carbocycles. The predicted octanol–water partition coefficient (Wildman–Crippen LogP) is 3.69. The highest BCUT2D eigenvalue weighted by molar-refractivity contribution is 7.99. The van der Waals surface area contributed by atoms with E-state index in [2.05, 4.69) is 10.3 Å². The van der Waals surface area contributed by atoms with Crippen LogP contribution < -0.4 is 19.5 Å². The molecule has 0 radical (unpaired) electrons. The maximum absolute atomic E-state index is 12.3. The number of rotatable bonds is 9. The number of benzene rings is 2. The molecule has 2 aromatic carbocycles. The molecular weight excluding hydrogens is 390 g/mol. The van der Waals surface area contributed by atoms with Crippen LogP contribution in [-0.4, -0.2) is 42.5 Å². The van der Waals surface area contributed by atoms with Crippen LogP contribution in [0.2, 0.25) is 0 Å². The molecule has 29 heavy (non-hydrogen) atoms. The topological polar surface area (TPSA) is 74.6 Å². The molecule has 3 rings (SSSR count). The number of hydrogen-bond acceptors (Lipinski definition) is 6. The summed E-state index contributed by atoms with van der Waals surface area (Å²) in [4.78, 5) is 16.7. The van der Waals surface area contributed by atoms with Gasteiger partial charge in [-0.25, -0.2) is 4.98 Å². The number of thioether (sulfide) groups is 1. The van der Waals surface area contributed by atoms with Gasteiger partial charge in [-0.05, 0) is 29.8 Å². The Balaban J connectivity index is 1.57. The van der Waals surface area contributed by atoms with Crippen LogP contribution in [0.5, 0.6) is 17.2 Å². The van der Waals surface area contributed by atoms with Crippen LogP contribution in [0.4, 0.5) is 5.69 Å². The van der Waals surface area contributed by atoms with Gasteiger partial charge in [0.2, 0.25) is 5.91 Å². The Labute approximate surface area is 174 Å². The number of nitrogens with one attached hydrogen (secondary N) is 1. The fourth-order valence-electron chi connectivity index (χ4n) is 2.72. The summed E-state index contributed by atoms with van der Waals surface area (Å²) in [6, 6.07) is 13.1. The smallest absolute Gasteiger partial charge is 0.234 e. The van der Waals surface area contributed by atoms with Crippen molar-refractivity contribution in [2.45, 2.75) is 11.7 Å². The molecule has 1 amide bonds. The quantitative estimate of drug-likeness (QED) is 0.540. The second kappa shape index (κ2) is 9.88. The monoisotopic (exact) mass is 413 g/mol. The number of imidazole rings is 1. The zero-order valence-corrected chi connectivity index (χ0v) is 17.4. The second-order valence-corrected chi connectivity index (χ2v) is 7.03. The summed E-state index contributed by atoms with van der Waals surface area (Å²) in [7, 11) is 4.77. The molecule has 0 aliphatic heterocycles. The molecule has 3 aromatic rings. The summed E-state index contributed by atoms with van der Waals surface area (Å²) in [5.74, 6) is 2.11. The van der Waals surface area contributed by atoms with Gasteiger partial charge in [-0.15, -0.1) is 0 Å². The summed E-state index contributed by atoms with van der Waals surface area (Å²) in [6.45, 7) is 0.670. The van der Waals surface area contributed by atoms with E-state index in [0.717, 1.165) is 16.5 Å². The first-order valence-corrected chi connectivity index (χ1v) is 9.90. The number of ether oxygens (including phenoxy) is 3. The van der Waals surface area contributed by atoms with Crippen LogP contribution in [0.25, 0.3) is 0 Å². The van der Waals surface area contributed by atoms with Crippen molar-refractivity contribution in [3.8, 4) is 17.2 Å². The van der Waals surface area contributed by atoms with Crippen molar-refractivity contribution in [2.75, 3.05) is 32.4 Å². The molecule has 0 unspecified atom stereocenters. The van der Waals surface area contributed by atoms with Crippen LogP contribution in [0.3, 0.4) is 0 Å². The van der Waals surface area contributed by atoms with Crippen molar-refractivity contribution in [3.05, 3.63) is 60.4 Å². The van der Waals surface area contributed by atoms with Crippen LogP contribution in [-0.2, 0) is 11.3 Å². The molecule has 0 atom stereocenters. The molecule has 0 fully saturated rings. The number of aromatic nitrogens is 2. The standard InChI is InChI=1S/C21H23N3O4S/c1-26-17-7-4-15(5-8-17)13-24-11-10-22-21(24)29-14-20(25)23-16-6-9-18(27-2)19(12-16)28-3/h4-12H,13-14H2,1-3H3,(H,23,25). The van der Waals surface area contributed by atoms with Crippen LogP contribution >= 0.6 is 11.8 Å². The molecule has 7 nitrogen and oxygen atoms in total. The highest BCUT2D eigenvalue weighted by atomic mass is 32.2. The summed E-state index contributed by atoms with van der Waals surface area (Å²) in [6.07, 6.45) is 3.64. The molecule has 0 spiro atoms. The summed E-state index contributed by atoms with van der Waals surface area (Å²) in [5.41, 5.74) is 1.77. The van der Waals surface area contributed by atoms with E-state index in [1.54, 1.807) is 45.7 Å². The Kier molecular flexibility index (Phi) is 7.02. The molecule has 1 aromatic heterocycles. The predicted molar refractivity (Wildman–Crippen MR) is 113 cm³/mol. The third kappa shape index (κ3) is 5.45. The SMILES string of the molecule is COc1ccc(Cn2ccnc2SCC(=O)Nc2ccc(OC)c(OC)c2)cc1. The zero-order chi connectivity index (χ0) is 20.6. The van der Waals surface area contributed by atoms with Crippen LogP contribution in [0.1, 0.15) is 5.56 Å². The fourth-order valence-corrected chi connectivity index (χ4v) is 3.48. The van der Waals surface area contributed by atoms with Gasteiger partial charge in [0.25, 0.3) is 0 Å². The summed E-state index contributed by atoms with van der Waals surface area (Å²) in [5, 5.41) is 3.65. The minimum absolute atomic E-state index is 0.124. The normalized spacial score (nSPS) is 10.4. The van der Waals surface area contributed by atoms with Gasteiger partial charge in [-0.3, -0.25) is 4.79 Å². The number of amides is 1. The summed E-state index contributed by atoms with van der Waals surface area (Å²) < 4.78 is 17.7. The van der Waals surface area contributed by atoms with Crippen molar-refractivity contribution in [1.29, 1.82) is 0 Å². The molecule has 0 aliphatic rings. The van der Waals surface area contributed by atoms with Gasteiger partial charge in [0.05, 0.1) is 27.1 Å². The van der Waals surface area contributed by atoms with Gasteiger partial charge < -0.3 is 24.1 Å². The van der Waals surface area contributed by atoms with Crippen molar-refractivity contribution in [2.24, 2.45) is 0 Å². The molecular formula is C21H23N3O4S. The first-order chi connectivity index (χ1) is 14.1. The summed E-state index contributed by atoms with van der Waals surface area (Å²) >= 11 is 1.38. The van der Waals surface area contributed by atoms with E-state index in [0.29, 0.717) is 23.7 Å². The highest BCUT2D eigenvalue weighted by Crippen LogP contribution is 2.30. The van der Waals surface area contributed by atoms with E-state index in [-0.39, 0.29) is 11.7 Å². The number of carbonyl (C=O) groups is 1. The lowest BCUT2D eigenvalue weighted by atomic mass is 10.2. The fraction of sp³-hybridized carbons (Fsp3) is 0.238. The molecule has 152 valence electrons. The lowest BCUT2D eigenvalue weighted by Crippen LogP contribution is -2.14. The maximum Gasteiger partial charge on any atom is 0.234 e. The first-order valence-electron chi connectivity index (χ1n) is 8.91. The van der Waals surface area contributed by atoms with E-state index in [4.69, 9.17) is 14.2 Å². The molecule has 0 aliphatic carbocycles. The lowest BCUT2D eigenvalue weighted by molar-refractivity contribution is -0.113. The van der Waals surface area contributed by atoms with E-state index in [1.807, 2.05) is 35.0 Å². The van der Waals surface area contributed by atoms with E-state index in [1.165, 1.54) is 11.8 Å². The minimum Gasteiger partial charge on any atom is -0.497 e. The van der Waals surface area contributed by atoms with Crippen molar-refractivity contribution in [1.82, 2.24) is 9.55 Å². The molecule has 1 heterocycles. The Morgan fingerprint density at radius 3 is 2.48 bits per heavy atom. The average Bonchev–Trinajstić information content (AvgIpc) is 3.19. The van der Waals surface area contributed by atoms with Crippen LogP contribution in [0.15, 0.2) is 60.0 Å². The zero-order valence-electron chi connectivity index (χ0n) is 16.5. The van der Waals surface area contributed by atoms with Gasteiger partial charge in [0, 0.05) is 30.7 Å².